The highest BCUT2D eigenvalue weighted by Crippen LogP contribution is 2.31. The van der Waals surface area contributed by atoms with Gasteiger partial charge in [0.15, 0.2) is 5.69 Å². The minimum Gasteiger partial charge on any atom is -0.363 e. The van der Waals surface area contributed by atoms with Crippen molar-refractivity contribution >= 4 is 5.91 Å². The van der Waals surface area contributed by atoms with E-state index in [4.69, 9.17) is 5.73 Å². The van der Waals surface area contributed by atoms with Crippen molar-refractivity contribution in [2.24, 2.45) is 5.73 Å². The monoisotopic (exact) mass is 274 g/mol. The molecule has 1 fully saturated rings. The van der Waals surface area contributed by atoms with Crippen LogP contribution in [-0.2, 0) is 6.54 Å². The van der Waals surface area contributed by atoms with E-state index < -0.39 is 0 Å². The van der Waals surface area contributed by atoms with Crippen LogP contribution in [0.4, 0.5) is 0 Å². The molecule has 106 valence electrons. The van der Waals surface area contributed by atoms with Crippen molar-refractivity contribution < 1.29 is 4.79 Å². The number of aromatic amines is 1. The van der Waals surface area contributed by atoms with Crippen LogP contribution < -0.4 is 5.73 Å². The molecule has 2 aromatic rings. The SMILES string of the molecule is NCCn1cc(C(=O)N2CCCC2c2ccc[nH]2)nn1. The Bertz CT molecular complexity index is 575. The Morgan fingerprint density at radius 2 is 2.45 bits per heavy atom. The Kier molecular flexibility index (Phi) is 3.51. The number of nitrogens with one attached hydrogen (secondary N) is 1. The normalized spacial score (nSPS) is 18.6. The lowest BCUT2D eigenvalue weighted by Gasteiger charge is -2.22. The summed E-state index contributed by atoms with van der Waals surface area (Å²) >= 11 is 0. The number of amides is 1. The molecule has 7 heteroatoms. The van der Waals surface area contributed by atoms with Gasteiger partial charge >= 0.3 is 0 Å². The molecule has 0 radical (unpaired) electrons. The number of hydrogen-bond donors (Lipinski definition) is 2. The van der Waals surface area contributed by atoms with E-state index in [-0.39, 0.29) is 11.9 Å². The highest BCUT2D eigenvalue weighted by atomic mass is 16.2. The summed E-state index contributed by atoms with van der Waals surface area (Å²) in [5.41, 5.74) is 6.93. The number of hydrogen-bond acceptors (Lipinski definition) is 4. The third-order valence-electron chi connectivity index (χ3n) is 3.61. The molecule has 20 heavy (non-hydrogen) atoms. The molecule has 1 aliphatic rings. The molecule has 1 aliphatic heterocycles. The molecule has 1 saturated heterocycles. The van der Waals surface area contributed by atoms with Crippen molar-refractivity contribution in [2.75, 3.05) is 13.1 Å². The molecule has 1 atom stereocenters. The molecule has 1 unspecified atom stereocenters. The van der Waals surface area contributed by atoms with E-state index in [1.165, 1.54) is 0 Å². The number of carbonyl (C=O) groups is 1. The zero-order chi connectivity index (χ0) is 13.9. The van der Waals surface area contributed by atoms with Crippen LogP contribution in [0.1, 0.15) is 35.1 Å². The number of rotatable bonds is 4. The number of nitrogens with two attached hydrogens (primary N) is 1. The van der Waals surface area contributed by atoms with Crippen LogP contribution in [-0.4, -0.2) is 43.9 Å². The molecular formula is C13H18N6O. The maximum Gasteiger partial charge on any atom is 0.276 e. The highest BCUT2D eigenvalue weighted by molar-refractivity contribution is 5.92. The van der Waals surface area contributed by atoms with Gasteiger partial charge in [0, 0.05) is 25.0 Å². The van der Waals surface area contributed by atoms with Crippen molar-refractivity contribution in [3.8, 4) is 0 Å². The minimum atomic E-state index is -0.0645. The summed E-state index contributed by atoms with van der Waals surface area (Å²) in [4.78, 5) is 17.6. The van der Waals surface area contributed by atoms with Crippen LogP contribution in [0.3, 0.4) is 0 Å². The quantitative estimate of drug-likeness (QED) is 0.851. The summed E-state index contributed by atoms with van der Waals surface area (Å²) in [5.74, 6) is -0.0645. The van der Waals surface area contributed by atoms with Gasteiger partial charge in [0.05, 0.1) is 18.8 Å². The van der Waals surface area contributed by atoms with Crippen molar-refractivity contribution in [3.05, 3.63) is 35.9 Å². The molecule has 1 amide bonds. The second-order valence-electron chi connectivity index (χ2n) is 4.94. The summed E-state index contributed by atoms with van der Waals surface area (Å²) in [7, 11) is 0. The summed E-state index contributed by atoms with van der Waals surface area (Å²) in [6.07, 6.45) is 5.53. The zero-order valence-corrected chi connectivity index (χ0v) is 11.2. The number of carbonyl (C=O) groups excluding carboxylic acids is 1. The van der Waals surface area contributed by atoms with E-state index in [9.17, 15) is 4.79 Å². The van der Waals surface area contributed by atoms with Gasteiger partial charge in [-0.25, -0.2) is 0 Å². The van der Waals surface area contributed by atoms with Crippen molar-refractivity contribution in [1.29, 1.82) is 0 Å². The Labute approximate surface area is 116 Å². The van der Waals surface area contributed by atoms with E-state index in [0.29, 0.717) is 18.8 Å². The molecule has 0 saturated carbocycles. The first-order valence-electron chi connectivity index (χ1n) is 6.84. The molecule has 0 spiro atoms. The van der Waals surface area contributed by atoms with Crippen LogP contribution in [0.2, 0.25) is 0 Å². The van der Waals surface area contributed by atoms with Crippen molar-refractivity contribution in [3.63, 3.8) is 0 Å². The standard InChI is InChI=1S/C13H18N6O/c14-5-8-18-9-11(16-17-18)13(20)19-7-2-4-12(19)10-3-1-6-15-10/h1,3,6,9,12,15H,2,4-5,7-8,14H2. The van der Waals surface area contributed by atoms with E-state index in [0.717, 1.165) is 25.1 Å². The van der Waals surface area contributed by atoms with E-state index in [1.807, 2.05) is 23.2 Å². The molecule has 3 rings (SSSR count). The van der Waals surface area contributed by atoms with Crippen LogP contribution >= 0.6 is 0 Å². The Morgan fingerprint density at radius 3 is 3.20 bits per heavy atom. The molecule has 0 bridgehead atoms. The van der Waals surface area contributed by atoms with E-state index in [1.54, 1.807) is 10.9 Å². The van der Waals surface area contributed by atoms with Crippen LogP contribution in [0.5, 0.6) is 0 Å². The topological polar surface area (TPSA) is 92.8 Å². The second kappa shape index (κ2) is 5.46. The van der Waals surface area contributed by atoms with Crippen molar-refractivity contribution in [1.82, 2.24) is 24.9 Å². The van der Waals surface area contributed by atoms with Crippen LogP contribution in [0.15, 0.2) is 24.5 Å². The van der Waals surface area contributed by atoms with Gasteiger partial charge in [0.2, 0.25) is 0 Å². The summed E-state index contributed by atoms with van der Waals surface area (Å²) in [5, 5.41) is 7.87. The van der Waals surface area contributed by atoms with E-state index in [2.05, 4.69) is 15.3 Å². The lowest BCUT2D eigenvalue weighted by Crippen LogP contribution is -2.31. The summed E-state index contributed by atoms with van der Waals surface area (Å²) in [6.45, 7) is 1.80. The third kappa shape index (κ3) is 2.32. The van der Waals surface area contributed by atoms with Gasteiger partial charge in [-0.3, -0.25) is 9.48 Å². The highest BCUT2D eigenvalue weighted by Gasteiger charge is 2.32. The Hall–Kier alpha value is -2.15. The van der Waals surface area contributed by atoms with Gasteiger partial charge in [-0.15, -0.1) is 5.10 Å². The first-order chi connectivity index (χ1) is 9.79. The maximum atomic E-state index is 12.5. The van der Waals surface area contributed by atoms with Gasteiger partial charge in [0.25, 0.3) is 5.91 Å². The third-order valence-corrected chi connectivity index (χ3v) is 3.61. The molecule has 3 heterocycles. The van der Waals surface area contributed by atoms with Gasteiger partial charge in [0.1, 0.15) is 0 Å². The van der Waals surface area contributed by atoms with Gasteiger partial charge in [-0.05, 0) is 25.0 Å². The van der Waals surface area contributed by atoms with Crippen LogP contribution in [0.25, 0.3) is 0 Å². The summed E-state index contributed by atoms with van der Waals surface area (Å²) in [6, 6.07) is 4.08. The number of H-pyrrole nitrogens is 1. The molecule has 0 aliphatic carbocycles. The first-order valence-corrected chi connectivity index (χ1v) is 6.84. The molecule has 7 nitrogen and oxygen atoms in total. The first kappa shape index (κ1) is 12.9. The largest absolute Gasteiger partial charge is 0.363 e. The van der Waals surface area contributed by atoms with Gasteiger partial charge in [-0.2, -0.15) is 0 Å². The smallest absolute Gasteiger partial charge is 0.276 e. The van der Waals surface area contributed by atoms with Crippen molar-refractivity contribution in [2.45, 2.75) is 25.4 Å². The number of nitrogens with zero attached hydrogens (tertiary/aromatic N) is 4. The predicted octanol–water partition coefficient (Wildman–Crippen LogP) is 0.542. The fourth-order valence-corrected chi connectivity index (χ4v) is 2.67. The lowest BCUT2D eigenvalue weighted by atomic mass is 10.1. The fraction of sp³-hybridized carbons (Fsp3) is 0.462. The molecule has 0 aromatic carbocycles. The predicted molar refractivity (Wildman–Crippen MR) is 72.9 cm³/mol. The minimum absolute atomic E-state index is 0.0645. The van der Waals surface area contributed by atoms with E-state index >= 15 is 0 Å². The number of likely N-dealkylation sites (tertiary alicyclic amines) is 1. The molecule has 2 aromatic heterocycles. The average Bonchev–Trinajstić information content (AvgIpc) is 3.19. The van der Waals surface area contributed by atoms with Gasteiger partial charge in [-0.1, -0.05) is 5.21 Å². The molecule has 3 N–H and O–H groups in total. The lowest BCUT2D eigenvalue weighted by molar-refractivity contribution is 0.0727. The maximum absolute atomic E-state index is 12.5. The zero-order valence-electron chi connectivity index (χ0n) is 11.2. The second-order valence-corrected chi connectivity index (χ2v) is 4.94. The average molecular weight is 274 g/mol. The number of aromatic nitrogens is 4. The summed E-state index contributed by atoms with van der Waals surface area (Å²) < 4.78 is 1.60. The van der Waals surface area contributed by atoms with Crippen LogP contribution in [0, 0.1) is 0 Å². The Morgan fingerprint density at radius 1 is 1.55 bits per heavy atom. The van der Waals surface area contributed by atoms with Gasteiger partial charge < -0.3 is 15.6 Å². The fourth-order valence-electron chi connectivity index (χ4n) is 2.67. The molecular weight excluding hydrogens is 256 g/mol. The Balaban J connectivity index is 1.78.